The Balaban J connectivity index is 0.00000169. The molecule has 0 saturated heterocycles. The maximum Gasteiger partial charge on any atom is 1.00 e. The number of nitrogens with zero attached hydrogens (tertiary/aromatic N) is 1. The molecule has 0 heterocycles. The normalized spacial score (nSPS) is 23.4. The predicted molar refractivity (Wildman–Crippen MR) is 42.1 cm³/mol. The summed E-state index contributed by atoms with van der Waals surface area (Å²) in [7, 11) is 0. The van der Waals surface area contributed by atoms with Gasteiger partial charge in [-0.3, -0.25) is 6.26 Å². The first kappa shape index (κ1) is 14.5. The SMILES string of the molecule is C=[C-]O/N=C(\C)OCC1CC1(F)F.[K+]. The Bertz CT molecular complexity index is 233. The Morgan fingerprint density at radius 1 is 1.71 bits per heavy atom. The Morgan fingerprint density at radius 3 is 2.71 bits per heavy atom. The fraction of sp³-hybridized carbons (Fsp3) is 0.625. The van der Waals surface area contributed by atoms with Gasteiger partial charge in [0.1, 0.15) is 0 Å². The molecule has 1 rings (SSSR count). The molecule has 0 N–H and O–H groups in total. The van der Waals surface area contributed by atoms with Crippen molar-refractivity contribution >= 4 is 5.90 Å². The number of ether oxygens (including phenoxy) is 1. The third-order valence-electron chi connectivity index (χ3n) is 1.69. The number of halogens is 2. The monoisotopic (exact) mass is 229 g/mol. The van der Waals surface area contributed by atoms with Crippen LogP contribution >= 0.6 is 0 Å². The minimum absolute atomic E-state index is 0. The molecule has 1 unspecified atom stereocenters. The number of alkyl halides is 2. The number of oxime groups is 1. The second-order valence-electron chi connectivity index (χ2n) is 2.82. The molecule has 1 aliphatic carbocycles. The van der Waals surface area contributed by atoms with Crippen molar-refractivity contribution in [2.45, 2.75) is 19.3 Å². The van der Waals surface area contributed by atoms with Crippen LogP contribution in [0.5, 0.6) is 0 Å². The molecular formula is C8H10F2KNO2. The Labute approximate surface area is 124 Å². The van der Waals surface area contributed by atoms with Gasteiger partial charge >= 0.3 is 51.4 Å². The molecule has 0 bridgehead atoms. The maximum atomic E-state index is 12.3. The first-order valence-corrected chi connectivity index (χ1v) is 3.79. The Kier molecular flexibility index (Phi) is 6.39. The molecule has 0 aliphatic heterocycles. The fourth-order valence-electron chi connectivity index (χ4n) is 0.795. The molecule has 0 aromatic carbocycles. The van der Waals surface area contributed by atoms with E-state index >= 15 is 0 Å². The zero-order chi connectivity index (χ0) is 9.90. The molecule has 14 heavy (non-hydrogen) atoms. The summed E-state index contributed by atoms with van der Waals surface area (Å²) < 4.78 is 29.5. The molecule has 6 heteroatoms. The Morgan fingerprint density at radius 2 is 2.29 bits per heavy atom. The van der Waals surface area contributed by atoms with Crippen LogP contribution in [-0.4, -0.2) is 18.4 Å². The summed E-state index contributed by atoms with van der Waals surface area (Å²) in [6, 6.07) is 0. The van der Waals surface area contributed by atoms with E-state index in [0.29, 0.717) is 0 Å². The van der Waals surface area contributed by atoms with E-state index in [2.05, 4.69) is 22.8 Å². The number of hydrogen-bond acceptors (Lipinski definition) is 3. The molecule has 0 radical (unpaired) electrons. The number of hydrogen-bond donors (Lipinski definition) is 0. The van der Waals surface area contributed by atoms with Crippen molar-refractivity contribution in [3.05, 3.63) is 12.8 Å². The van der Waals surface area contributed by atoms with Gasteiger partial charge in [0.2, 0.25) is 5.90 Å². The van der Waals surface area contributed by atoms with E-state index in [4.69, 9.17) is 4.74 Å². The van der Waals surface area contributed by atoms with Crippen LogP contribution in [0.15, 0.2) is 11.7 Å². The quantitative estimate of drug-likeness (QED) is 0.154. The van der Waals surface area contributed by atoms with Crippen LogP contribution in [0, 0.1) is 12.2 Å². The molecule has 1 atom stereocenters. The minimum atomic E-state index is -2.55. The molecule has 0 aromatic heterocycles. The van der Waals surface area contributed by atoms with Crippen LogP contribution in [-0.2, 0) is 9.57 Å². The number of rotatable bonds is 4. The van der Waals surface area contributed by atoms with Crippen LogP contribution in [0.3, 0.4) is 0 Å². The third-order valence-corrected chi connectivity index (χ3v) is 1.69. The van der Waals surface area contributed by atoms with Gasteiger partial charge in [-0.1, -0.05) is 5.16 Å². The van der Waals surface area contributed by atoms with E-state index in [1.54, 1.807) is 0 Å². The summed E-state index contributed by atoms with van der Waals surface area (Å²) in [6.07, 6.45) is 1.95. The summed E-state index contributed by atoms with van der Waals surface area (Å²) in [5.74, 6) is -3.03. The van der Waals surface area contributed by atoms with E-state index in [1.165, 1.54) is 6.92 Å². The van der Waals surface area contributed by atoms with Gasteiger partial charge < -0.3 is 9.57 Å². The largest absolute Gasteiger partial charge is 1.00 e. The second kappa shape index (κ2) is 6.17. The topological polar surface area (TPSA) is 30.8 Å². The van der Waals surface area contributed by atoms with E-state index in [1.807, 2.05) is 0 Å². The van der Waals surface area contributed by atoms with Gasteiger partial charge in [-0.2, -0.15) is 0 Å². The van der Waals surface area contributed by atoms with E-state index < -0.39 is 11.8 Å². The van der Waals surface area contributed by atoms with Gasteiger partial charge in [-0.25, -0.2) is 15.4 Å². The summed E-state index contributed by atoms with van der Waals surface area (Å²) in [4.78, 5) is 4.31. The standard InChI is InChI=1S/C8H10F2NO2.K/c1-3-13-11-6(2)12-5-7-4-8(7,9)10;/h7H,1,4-5H2,2H3;/q-1;+1/b11-6+;. The molecule has 1 fully saturated rings. The summed E-state index contributed by atoms with van der Waals surface area (Å²) in [5.41, 5.74) is 0. The van der Waals surface area contributed by atoms with Gasteiger partial charge in [0.25, 0.3) is 5.92 Å². The Hall–Kier alpha value is 0.506. The first-order chi connectivity index (χ1) is 6.06. The van der Waals surface area contributed by atoms with Crippen molar-refractivity contribution in [3.8, 4) is 0 Å². The molecule has 3 nitrogen and oxygen atoms in total. The summed E-state index contributed by atoms with van der Waals surface area (Å²) >= 11 is 0. The van der Waals surface area contributed by atoms with Gasteiger partial charge in [-0.15, -0.1) is 0 Å². The van der Waals surface area contributed by atoms with Crippen molar-refractivity contribution in [3.63, 3.8) is 0 Å². The van der Waals surface area contributed by atoms with Gasteiger partial charge in [0.05, 0.1) is 12.5 Å². The van der Waals surface area contributed by atoms with Crippen LogP contribution in [0.25, 0.3) is 0 Å². The first-order valence-electron chi connectivity index (χ1n) is 3.79. The van der Waals surface area contributed by atoms with Crippen LogP contribution in [0.4, 0.5) is 8.78 Å². The minimum Gasteiger partial charge on any atom is -0.564 e. The van der Waals surface area contributed by atoms with Crippen molar-refractivity contribution in [1.29, 1.82) is 0 Å². The van der Waals surface area contributed by atoms with Gasteiger partial charge in [0.15, 0.2) is 0 Å². The molecule has 0 aromatic rings. The molecule has 1 aliphatic rings. The summed E-state index contributed by atoms with van der Waals surface area (Å²) in [6.45, 7) is 4.62. The van der Waals surface area contributed by atoms with E-state index in [0.717, 1.165) is 0 Å². The van der Waals surface area contributed by atoms with Crippen molar-refractivity contribution in [2.75, 3.05) is 6.61 Å². The molecule has 74 valence electrons. The smallest absolute Gasteiger partial charge is 0.564 e. The van der Waals surface area contributed by atoms with Crippen LogP contribution in [0.2, 0.25) is 0 Å². The predicted octanol–water partition coefficient (Wildman–Crippen LogP) is -1.04. The van der Waals surface area contributed by atoms with Crippen LogP contribution < -0.4 is 51.4 Å². The molecule has 0 spiro atoms. The molecule has 0 amide bonds. The average molecular weight is 229 g/mol. The maximum absolute atomic E-state index is 12.3. The van der Waals surface area contributed by atoms with Gasteiger partial charge in [-0.05, 0) is 0 Å². The van der Waals surface area contributed by atoms with E-state index in [9.17, 15) is 8.78 Å². The van der Waals surface area contributed by atoms with E-state index in [-0.39, 0.29) is 70.3 Å². The summed E-state index contributed by atoms with van der Waals surface area (Å²) in [5, 5.41) is 3.37. The molecule has 1 saturated carbocycles. The zero-order valence-corrected chi connectivity index (χ0v) is 11.3. The second-order valence-corrected chi connectivity index (χ2v) is 2.82. The molecular weight excluding hydrogens is 219 g/mol. The van der Waals surface area contributed by atoms with Crippen molar-refractivity contribution < 1.29 is 69.7 Å². The third kappa shape index (κ3) is 4.83. The van der Waals surface area contributed by atoms with Crippen LogP contribution in [0.1, 0.15) is 13.3 Å². The van der Waals surface area contributed by atoms with Gasteiger partial charge in [0, 0.05) is 13.3 Å². The zero-order valence-electron chi connectivity index (χ0n) is 8.22. The average Bonchev–Trinajstić information content (AvgIpc) is 2.67. The fourth-order valence-corrected chi connectivity index (χ4v) is 0.795. The van der Waals surface area contributed by atoms with Crippen molar-refractivity contribution in [1.82, 2.24) is 0 Å². The van der Waals surface area contributed by atoms with Crippen molar-refractivity contribution in [2.24, 2.45) is 11.1 Å².